The van der Waals surface area contributed by atoms with Crippen LogP contribution in [0.1, 0.15) is 5.69 Å². The highest BCUT2D eigenvalue weighted by Crippen LogP contribution is 2.35. The van der Waals surface area contributed by atoms with Crippen molar-refractivity contribution < 1.29 is 34.8 Å². The summed E-state index contributed by atoms with van der Waals surface area (Å²) in [7, 11) is -4.10. The van der Waals surface area contributed by atoms with Crippen LogP contribution in [0, 0.1) is 17.5 Å². The molecule has 0 saturated heterocycles. The van der Waals surface area contributed by atoms with Crippen LogP contribution in [-0.2, 0) is 16.0 Å². The van der Waals surface area contributed by atoms with Crippen molar-refractivity contribution in [1.82, 2.24) is 9.78 Å². The molecule has 0 radical (unpaired) electrons. The molecule has 4 nitrogen and oxygen atoms in total. The minimum Gasteiger partial charge on any atom is -0.232 e. The highest BCUT2D eigenvalue weighted by Gasteiger charge is 2.36. The van der Waals surface area contributed by atoms with Gasteiger partial charge < -0.3 is 0 Å². The van der Waals surface area contributed by atoms with Crippen LogP contribution < -0.4 is 0 Å². The summed E-state index contributed by atoms with van der Waals surface area (Å²) in [5.41, 5.74) is -2.56. The van der Waals surface area contributed by atoms with E-state index in [4.69, 9.17) is 0 Å². The topological polar surface area (TPSA) is 52.0 Å². The average molecular weight is 420 g/mol. The van der Waals surface area contributed by atoms with Crippen LogP contribution in [-0.4, -0.2) is 24.5 Å². The Kier molecular flexibility index (Phi) is 4.74. The molecule has 3 aromatic rings. The second-order valence-corrected chi connectivity index (χ2v) is 7.82. The Balaban J connectivity index is 2.28. The van der Waals surface area contributed by atoms with Crippen LogP contribution in [0.5, 0.6) is 0 Å². The number of alkyl halides is 3. The number of hydrogen-bond acceptors (Lipinski definition) is 3. The Morgan fingerprint density at radius 3 is 2.07 bits per heavy atom. The van der Waals surface area contributed by atoms with E-state index in [1.807, 2.05) is 0 Å². The molecular weight excluding hydrogens is 410 g/mol. The summed E-state index contributed by atoms with van der Waals surface area (Å²) in [6, 6.07) is 5.46. The molecule has 1 heterocycles. The molecule has 0 spiro atoms. The van der Waals surface area contributed by atoms with Crippen LogP contribution in [0.3, 0.4) is 0 Å². The fourth-order valence-electron chi connectivity index (χ4n) is 2.50. The first-order valence-corrected chi connectivity index (χ1v) is 9.40. The summed E-state index contributed by atoms with van der Waals surface area (Å²) < 4.78 is 105. The monoisotopic (exact) mass is 420 g/mol. The third-order valence-electron chi connectivity index (χ3n) is 3.77. The minimum absolute atomic E-state index is 0.0427. The van der Waals surface area contributed by atoms with Crippen LogP contribution >= 0.6 is 0 Å². The third kappa shape index (κ3) is 3.75. The number of aromatic nitrogens is 2. The summed E-state index contributed by atoms with van der Waals surface area (Å²) in [6.07, 6.45) is -4.23. The van der Waals surface area contributed by atoms with Crippen LogP contribution in [0.2, 0.25) is 0 Å². The smallest absolute Gasteiger partial charge is 0.232 e. The third-order valence-corrected chi connectivity index (χ3v) is 4.88. The molecular formula is C17H10F6N2O2S. The predicted molar refractivity (Wildman–Crippen MR) is 87.0 cm³/mol. The van der Waals surface area contributed by atoms with Crippen molar-refractivity contribution in [3.8, 4) is 16.9 Å². The van der Waals surface area contributed by atoms with Crippen LogP contribution in [0.4, 0.5) is 26.3 Å². The number of hydrogen-bond donors (Lipinski definition) is 0. The van der Waals surface area contributed by atoms with Crippen molar-refractivity contribution >= 4 is 9.84 Å². The zero-order chi connectivity index (χ0) is 20.9. The van der Waals surface area contributed by atoms with Gasteiger partial charge in [-0.1, -0.05) is 0 Å². The van der Waals surface area contributed by atoms with Gasteiger partial charge in [-0.3, -0.25) is 0 Å². The van der Waals surface area contributed by atoms with Gasteiger partial charge >= 0.3 is 6.18 Å². The highest BCUT2D eigenvalue weighted by molar-refractivity contribution is 7.90. The molecule has 0 bridgehead atoms. The average Bonchev–Trinajstić information content (AvgIpc) is 3.01. The predicted octanol–water partition coefficient (Wildman–Crippen LogP) is 4.38. The highest BCUT2D eigenvalue weighted by atomic mass is 32.2. The lowest BCUT2D eigenvalue weighted by molar-refractivity contribution is -0.141. The Labute approximate surface area is 155 Å². The maximum absolute atomic E-state index is 14.5. The standard InChI is InChI=1S/C17H10F6N2O2S/c1-28(26,27)15-7-12(19)11(6-13(15)20)14-8-16(17(21,22)23)24-25(14)10-4-2-9(18)3-5-10/h2-8H,1H3. The van der Waals surface area contributed by atoms with E-state index in [2.05, 4.69) is 5.10 Å². The van der Waals surface area contributed by atoms with Gasteiger partial charge in [-0.2, -0.15) is 18.3 Å². The van der Waals surface area contributed by atoms with Crippen molar-refractivity contribution in [3.63, 3.8) is 0 Å². The van der Waals surface area contributed by atoms with E-state index >= 15 is 0 Å². The first kappa shape index (κ1) is 19.9. The maximum atomic E-state index is 14.5. The maximum Gasteiger partial charge on any atom is 0.435 e. The fourth-order valence-corrected chi connectivity index (χ4v) is 3.23. The summed E-state index contributed by atoms with van der Waals surface area (Å²) >= 11 is 0. The summed E-state index contributed by atoms with van der Waals surface area (Å²) in [5.74, 6) is -3.26. The largest absolute Gasteiger partial charge is 0.435 e. The van der Waals surface area contributed by atoms with Gasteiger partial charge in [0.15, 0.2) is 15.5 Å². The number of halogens is 6. The van der Waals surface area contributed by atoms with Gasteiger partial charge in [0.1, 0.15) is 22.3 Å². The van der Waals surface area contributed by atoms with Crippen molar-refractivity contribution in [2.24, 2.45) is 0 Å². The van der Waals surface area contributed by atoms with Gasteiger partial charge in [-0.25, -0.2) is 26.3 Å². The van der Waals surface area contributed by atoms with Crippen molar-refractivity contribution in [2.45, 2.75) is 11.1 Å². The lowest BCUT2D eigenvalue weighted by Gasteiger charge is -2.10. The SMILES string of the molecule is CS(=O)(=O)c1cc(F)c(-c2cc(C(F)(F)F)nn2-c2ccc(F)cc2)cc1F. The van der Waals surface area contributed by atoms with Crippen LogP contribution in [0.25, 0.3) is 16.9 Å². The first-order chi connectivity index (χ1) is 12.9. The van der Waals surface area contributed by atoms with Crippen molar-refractivity contribution in [3.05, 3.63) is 65.6 Å². The zero-order valence-corrected chi connectivity index (χ0v) is 14.7. The minimum atomic E-state index is -4.89. The lowest BCUT2D eigenvalue weighted by atomic mass is 10.1. The normalized spacial score (nSPS) is 12.4. The van der Waals surface area contributed by atoms with E-state index in [1.165, 1.54) is 0 Å². The number of nitrogens with zero attached hydrogens (tertiary/aromatic N) is 2. The Hall–Kier alpha value is -2.82. The molecule has 2 aromatic carbocycles. The van der Waals surface area contributed by atoms with Gasteiger partial charge in [0, 0.05) is 11.8 Å². The molecule has 0 atom stereocenters. The number of sulfone groups is 1. The van der Waals surface area contributed by atoms with Crippen molar-refractivity contribution in [1.29, 1.82) is 0 Å². The first-order valence-electron chi connectivity index (χ1n) is 7.50. The van der Waals surface area contributed by atoms with Gasteiger partial charge in [-0.15, -0.1) is 0 Å². The zero-order valence-electron chi connectivity index (χ0n) is 13.9. The lowest BCUT2D eigenvalue weighted by Crippen LogP contribution is -2.07. The molecule has 1 aromatic heterocycles. The molecule has 11 heteroatoms. The van der Waals surface area contributed by atoms with E-state index in [9.17, 15) is 34.8 Å². The van der Waals surface area contributed by atoms with E-state index < -0.39 is 55.3 Å². The summed E-state index contributed by atoms with van der Waals surface area (Å²) in [4.78, 5) is -0.933. The number of benzene rings is 2. The molecule has 0 N–H and O–H groups in total. The van der Waals surface area contributed by atoms with Gasteiger partial charge in [0.2, 0.25) is 0 Å². The quantitative estimate of drug-likeness (QED) is 0.591. The molecule has 0 fully saturated rings. The number of rotatable bonds is 3. The van der Waals surface area contributed by atoms with E-state index in [1.54, 1.807) is 0 Å². The van der Waals surface area contributed by atoms with Gasteiger partial charge in [-0.05, 0) is 42.5 Å². The molecule has 148 valence electrons. The summed E-state index contributed by atoms with van der Waals surface area (Å²) in [6.45, 7) is 0. The molecule has 0 aliphatic carbocycles. The Morgan fingerprint density at radius 1 is 0.929 bits per heavy atom. The van der Waals surface area contributed by atoms with Crippen molar-refractivity contribution in [2.75, 3.05) is 6.26 Å². The second-order valence-electron chi connectivity index (χ2n) is 5.84. The summed E-state index contributed by atoms with van der Waals surface area (Å²) in [5, 5.41) is 3.36. The van der Waals surface area contributed by atoms with E-state index in [0.717, 1.165) is 24.3 Å². The van der Waals surface area contributed by atoms with Gasteiger partial charge in [0.05, 0.1) is 11.4 Å². The molecule has 3 rings (SSSR count). The molecule has 0 unspecified atom stereocenters. The molecule has 28 heavy (non-hydrogen) atoms. The molecule has 0 aliphatic heterocycles. The van der Waals surface area contributed by atoms with E-state index in [-0.39, 0.29) is 5.69 Å². The van der Waals surface area contributed by atoms with Crippen LogP contribution in [0.15, 0.2) is 47.4 Å². The fraction of sp³-hybridized carbons (Fsp3) is 0.118. The van der Waals surface area contributed by atoms with E-state index in [0.29, 0.717) is 29.1 Å². The Bertz CT molecular complexity index is 1150. The second kappa shape index (κ2) is 6.66. The van der Waals surface area contributed by atoms with Gasteiger partial charge in [0.25, 0.3) is 0 Å². The molecule has 0 aliphatic rings. The molecule has 0 saturated carbocycles. The molecule has 0 amide bonds. The Morgan fingerprint density at radius 2 is 1.54 bits per heavy atom.